The smallest absolute Gasteiger partial charge is 0.251 e. The van der Waals surface area contributed by atoms with Gasteiger partial charge in [-0.2, -0.15) is 0 Å². The molecule has 1 saturated heterocycles. The number of anilines is 1. The first-order chi connectivity index (χ1) is 11.2. The van der Waals surface area contributed by atoms with Crippen LogP contribution in [0.1, 0.15) is 41.0 Å². The van der Waals surface area contributed by atoms with Gasteiger partial charge in [-0.1, -0.05) is 0 Å². The highest BCUT2D eigenvalue weighted by atomic mass is 16.1. The largest absolute Gasteiger partial charge is 0.346 e. The van der Waals surface area contributed by atoms with Gasteiger partial charge in [0.2, 0.25) is 5.95 Å². The van der Waals surface area contributed by atoms with Crippen molar-refractivity contribution in [1.29, 1.82) is 0 Å². The van der Waals surface area contributed by atoms with Crippen molar-refractivity contribution in [3.8, 4) is 0 Å². The minimum Gasteiger partial charge on any atom is -0.346 e. The predicted octanol–water partition coefficient (Wildman–Crippen LogP) is 2.10. The third-order valence-corrected chi connectivity index (χ3v) is 3.91. The van der Waals surface area contributed by atoms with Crippen molar-refractivity contribution in [2.75, 3.05) is 18.0 Å². The van der Waals surface area contributed by atoms with Crippen LogP contribution in [0.5, 0.6) is 0 Å². The second-order valence-corrected chi connectivity index (χ2v) is 5.77. The van der Waals surface area contributed by atoms with E-state index in [9.17, 15) is 4.79 Å². The van der Waals surface area contributed by atoms with Crippen LogP contribution < -0.4 is 10.2 Å². The van der Waals surface area contributed by atoms with Gasteiger partial charge in [0.1, 0.15) is 0 Å². The molecule has 120 valence electrons. The van der Waals surface area contributed by atoms with Gasteiger partial charge in [-0.15, -0.1) is 0 Å². The lowest BCUT2D eigenvalue weighted by Crippen LogP contribution is -2.32. The Bertz CT molecular complexity index is 668. The number of amides is 1. The summed E-state index contributed by atoms with van der Waals surface area (Å²) in [7, 11) is 0. The van der Waals surface area contributed by atoms with Crippen LogP contribution in [-0.4, -0.2) is 33.9 Å². The molecule has 1 N–H and O–H groups in total. The molecular weight excluding hydrogens is 290 g/mol. The molecule has 0 atom stereocenters. The number of hydrogen-bond donors (Lipinski definition) is 1. The minimum absolute atomic E-state index is 0.122. The normalized spacial score (nSPS) is 14.6. The molecule has 1 fully saturated rings. The number of rotatable bonds is 4. The van der Waals surface area contributed by atoms with Gasteiger partial charge in [0.25, 0.3) is 5.91 Å². The van der Waals surface area contributed by atoms with Gasteiger partial charge in [-0.25, -0.2) is 9.97 Å². The molecule has 2 aromatic heterocycles. The second kappa shape index (κ2) is 7.17. The molecule has 0 saturated carbocycles. The van der Waals surface area contributed by atoms with Gasteiger partial charge < -0.3 is 10.2 Å². The van der Waals surface area contributed by atoms with E-state index < -0.39 is 0 Å². The Hall–Kier alpha value is -2.50. The summed E-state index contributed by atoms with van der Waals surface area (Å²) in [6, 6.07) is 5.31. The lowest BCUT2D eigenvalue weighted by Gasteiger charge is -2.27. The third-order valence-electron chi connectivity index (χ3n) is 3.91. The van der Waals surface area contributed by atoms with E-state index in [-0.39, 0.29) is 5.91 Å². The lowest BCUT2D eigenvalue weighted by atomic mass is 10.1. The number of aryl methyl sites for hydroxylation is 1. The van der Waals surface area contributed by atoms with E-state index in [1.165, 1.54) is 19.3 Å². The number of carbonyl (C=O) groups is 1. The highest BCUT2D eigenvalue weighted by Crippen LogP contribution is 2.16. The van der Waals surface area contributed by atoms with E-state index >= 15 is 0 Å². The molecule has 23 heavy (non-hydrogen) atoms. The number of pyridine rings is 1. The first-order valence-corrected chi connectivity index (χ1v) is 8.00. The zero-order chi connectivity index (χ0) is 16.1. The zero-order valence-corrected chi connectivity index (χ0v) is 13.3. The van der Waals surface area contributed by atoms with E-state index in [0.29, 0.717) is 12.1 Å². The summed E-state index contributed by atoms with van der Waals surface area (Å²) in [6.07, 6.45) is 6.87. The standard InChI is InChI=1S/C17H21N5O/c1-13-11-15(12-19-16(23)14-5-7-18-8-6-14)21-17(20-13)22-9-3-2-4-10-22/h5-8,11H,2-4,9-10,12H2,1H3,(H,19,23). The Kier molecular flexibility index (Phi) is 4.80. The monoisotopic (exact) mass is 311 g/mol. The molecule has 0 radical (unpaired) electrons. The molecule has 6 heteroatoms. The van der Waals surface area contributed by atoms with Gasteiger partial charge in [-0.3, -0.25) is 9.78 Å². The topological polar surface area (TPSA) is 71.0 Å². The first kappa shape index (κ1) is 15.4. The summed E-state index contributed by atoms with van der Waals surface area (Å²) in [6.45, 7) is 4.37. The summed E-state index contributed by atoms with van der Waals surface area (Å²) >= 11 is 0. The fraction of sp³-hybridized carbons (Fsp3) is 0.412. The van der Waals surface area contributed by atoms with Gasteiger partial charge in [0, 0.05) is 36.7 Å². The van der Waals surface area contributed by atoms with Crippen molar-refractivity contribution < 1.29 is 4.79 Å². The highest BCUT2D eigenvalue weighted by Gasteiger charge is 2.15. The number of nitrogens with zero attached hydrogens (tertiary/aromatic N) is 4. The highest BCUT2D eigenvalue weighted by molar-refractivity contribution is 5.93. The molecule has 0 aromatic carbocycles. The predicted molar refractivity (Wildman–Crippen MR) is 88.2 cm³/mol. The third kappa shape index (κ3) is 4.03. The Morgan fingerprint density at radius 3 is 2.65 bits per heavy atom. The average molecular weight is 311 g/mol. The summed E-state index contributed by atoms with van der Waals surface area (Å²) in [5, 5.41) is 2.90. The fourth-order valence-corrected chi connectivity index (χ4v) is 2.72. The number of aromatic nitrogens is 3. The molecule has 3 rings (SSSR count). The van der Waals surface area contributed by atoms with Crippen molar-refractivity contribution in [2.24, 2.45) is 0 Å². The van der Waals surface area contributed by atoms with E-state index in [0.717, 1.165) is 30.4 Å². The van der Waals surface area contributed by atoms with Crippen molar-refractivity contribution in [2.45, 2.75) is 32.7 Å². The van der Waals surface area contributed by atoms with Crippen molar-refractivity contribution in [3.05, 3.63) is 47.5 Å². The molecule has 0 bridgehead atoms. The van der Waals surface area contributed by atoms with Crippen LogP contribution in [0.4, 0.5) is 5.95 Å². The van der Waals surface area contributed by atoms with Crippen LogP contribution in [0.25, 0.3) is 0 Å². The second-order valence-electron chi connectivity index (χ2n) is 5.77. The average Bonchev–Trinajstić information content (AvgIpc) is 2.61. The van der Waals surface area contributed by atoms with Gasteiger partial charge in [0.15, 0.2) is 0 Å². The Labute approximate surface area is 136 Å². The molecule has 0 spiro atoms. The minimum atomic E-state index is -0.122. The fourth-order valence-electron chi connectivity index (χ4n) is 2.72. The Morgan fingerprint density at radius 2 is 1.91 bits per heavy atom. The molecule has 3 heterocycles. The maximum Gasteiger partial charge on any atom is 0.251 e. The number of hydrogen-bond acceptors (Lipinski definition) is 5. The lowest BCUT2D eigenvalue weighted by molar-refractivity contribution is 0.0950. The summed E-state index contributed by atoms with van der Waals surface area (Å²) in [5.41, 5.74) is 2.36. The molecule has 1 amide bonds. The summed E-state index contributed by atoms with van der Waals surface area (Å²) in [5.74, 6) is 0.654. The van der Waals surface area contributed by atoms with Gasteiger partial charge >= 0.3 is 0 Å². The van der Waals surface area contributed by atoms with Crippen LogP contribution in [0.15, 0.2) is 30.6 Å². The molecule has 1 aliphatic heterocycles. The molecule has 6 nitrogen and oxygen atoms in total. The van der Waals surface area contributed by atoms with Crippen molar-refractivity contribution >= 4 is 11.9 Å². The van der Waals surface area contributed by atoms with Crippen molar-refractivity contribution in [3.63, 3.8) is 0 Å². The van der Waals surface area contributed by atoms with Crippen LogP contribution in [0.3, 0.4) is 0 Å². The van der Waals surface area contributed by atoms with E-state index in [4.69, 9.17) is 0 Å². The zero-order valence-electron chi connectivity index (χ0n) is 13.3. The number of carbonyl (C=O) groups excluding carboxylic acids is 1. The van der Waals surface area contributed by atoms with E-state index in [1.807, 2.05) is 13.0 Å². The summed E-state index contributed by atoms with van der Waals surface area (Å²) in [4.78, 5) is 27.4. The maximum absolute atomic E-state index is 12.1. The Balaban J connectivity index is 1.68. The van der Waals surface area contributed by atoms with Crippen molar-refractivity contribution in [1.82, 2.24) is 20.3 Å². The SMILES string of the molecule is Cc1cc(CNC(=O)c2ccncc2)nc(N2CCCCC2)n1. The molecule has 1 aliphatic rings. The van der Waals surface area contributed by atoms with E-state index in [1.54, 1.807) is 24.5 Å². The van der Waals surface area contributed by atoms with Crippen LogP contribution in [0.2, 0.25) is 0 Å². The van der Waals surface area contributed by atoms with Gasteiger partial charge in [-0.05, 0) is 44.4 Å². The molecule has 0 unspecified atom stereocenters. The van der Waals surface area contributed by atoms with Crippen LogP contribution in [-0.2, 0) is 6.54 Å². The maximum atomic E-state index is 12.1. The number of nitrogens with one attached hydrogen (secondary N) is 1. The Morgan fingerprint density at radius 1 is 1.17 bits per heavy atom. The number of piperidine rings is 1. The van der Waals surface area contributed by atoms with Crippen LogP contribution >= 0.6 is 0 Å². The van der Waals surface area contributed by atoms with Crippen LogP contribution in [0, 0.1) is 6.92 Å². The molecular formula is C17H21N5O. The molecule has 2 aromatic rings. The summed E-state index contributed by atoms with van der Waals surface area (Å²) < 4.78 is 0. The quantitative estimate of drug-likeness (QED) is 0.936. The van der Waals surface area contributed by atoms with E-state index in [2.05, 4.69) is 25.2 Å². The van der Waals surface area contributed by atoms with Gasteiger partial charge in [0.05, 0.1) is 12.2 Å². The molecule has 0 aliphatic carbocycles. The first-order valence-electron chi connectivity index (χ1n) is 8.00.